The number of hydrogen-bond acceptors (Lipinski definition) is 4. The number of thiophene rings is 1. The molecule has 1 aromatic heterocycles. The van der Waals surface area contributed by atoms with Gasteiger partial charge in [0.25, 0.3) is 5.91 Å². The van der Waals surface area contributed by atoms with Crippen LogP contribution in [-0.2, 0) is 0 Å². The predicted molar refractivity (Wildman–Crippen MR) is 135 cm³/mol. The van der Waals surface area contributed by atoms with Gasteiger partial charge in [0.1, 0.15) is 4.88 Å². The van der Waals surface area contributed by atoms with Gasteiger partial charge in [-0.25, -0.2) is 4.79 Å². The number of nitrogens with one attached hydrogen (secondary N) is 1. The van der Waals surface area contributed by atoms with Gasteiger partial charge in [-0.05, 0) is 61.7 Å². The zero-order valence-electron chi connectivity index (χ0n) is 17.9. The number of nitrogens with zero attached hydrogens (tertiary/aromatic N) is 1. The Hall–Kier alpha value is -2.38. The molecule has 172 valence electrons. The molecule has 2 N–H and O–H groups in total. The van der Waals surface area contributed by atoms with Crippen LogP contribution in [-0.4, -0.2) is 36.6 Å². The maximum absolute atomic E-state index is 13.7. The Labute approximate surface area is 206 Å². The number of hydrogen-bond donors (Lipinski definition) is 2. The molecule has 0 aliphatic carbocycles. The van der Waals surface area contributed by atoms with E-state index in [0.717, 1.165) is 42.8 Å². The molecule has 0 saturated carbocycles. The maximum atomic E-state index is 13.7. The SMILES string of the molecule is O=C(O)c1sc(-c2ccccc2)cc1N(CC1CCCCNC1)C(=O)c1ccc(Cl)cc1Cl. The van der Waals surface area contributed by atoms with Crippen LogP contribution in [0.1, 0.15) is 39.3 Å². The second-order valence-corrected chi connectivity index (χ2v) is 10.00. The van der Waals surface area contributed by atoms with Gasteiger partial charge in [0.2, 0.25) is 0 Å². The third-order valence-electron chi connectivity index (χ3n) is 5.75. The van der Waals surface area contributed by atoms with Crippen LogP contribution in [0, 0.1) is 5.92 Å². The van der Waals surface area contributed by atoms with Gasteiger partial charge in [0, 0.05) is 16.4 Å². The molecule has 0 radical (unpaired) electrons. The minimum atomic E-state index is -1.06. The third kappa shape index (κ3) is 5.58. The highest BCUT2D eigenvalue weighted by atomic mass is 35.5. The second-order valence-electron chi connectivity index (χ2n) is 8.10. The van der Waals surface area contributed by atoms with Gasteiger partial charge in [-0.1, -0.05) is 60.0 Å². The molecular weight excluding hydrogens is 479 g/mol. The van der Waals surface area contributed by atoms with E-state index in [2.05, 4.69) is 5.32 Å². The molecule has 1 fully saturated rings. The Morgan fingerprint density at radius 1 is 1.09 bits per heavy atom. The summed E-state index contributed by atoms with van der Waals surface area (Å²) in [4.78, 5) is 28.5. The summed E-state index contributed by atoms with van der Waals surface area (Å²) in [6.45, 7) is 2.12. The van der Waals surface area contributed by atoms with E-state index in [1.165, 1.54) is 17.4 Å². The summed E-state index contributed by atoms with van der Waals surface area (Å²) in [5.41, 5.74) is 1.60. The summed E-state index contributed by atoms with van der Waals surface area (Å²) in [6, 6.07) is 16.1. The number of benzene rings is 2. The zero-order chi connectivity index (χ0) is 23.4. The Kier molecular flexibility index (Phi) is 7.71. The molecule has 2 heterocycles. The lowest BCUT2D eigenvalue weighted by molar-refractivity contribution is 0.0703. The van der Waals surface area contributed by atoms with E-state index in [-0.39, 0.29) is 21.7 Å². The smallest absolute Gasteiger partial charge is 0.348 e. The molecule has 0 spiro atoms. The lowest BCUT2D eigenvalue weighted by Crippen LogP contribution is -2.38. The summed E-state index contributed by atoms with van der Waals surface area (Å²) in [5.74, 6) is -1.19. The minimum absolute atomic E-state index is 0.133. The summed E-state index contributed by atoms with van der Waals surface area (Å²) in [6.07, 6.45) is 3.11. The molecule has 33 heavy (non-hydrogen) atoms. The Balaban J connectivity index is 1.79. The predicted octanol–water partition coefficient (Wildman–Crippen LogP) is 6.46. The first-order valence-electron chi connectivity index (χ1n) is 10.8. The van der Waals surface area contributed by atoms with E-state index in [1.54, 1.807) is 23.1 Å². The fraction of sp³-hybridized carbons (Fsp3) is 0.280. The van der Waals surface area contributed by atoms with Crippen LogP contribution < -0.4 is 10.2 Å². The lowest BCUT2D eigenvalue weighted by Gasteiger charge is -2.27. The Morgan fingerprint density at radius 3 is 2.61 bits per heavy atom. The number of carboxylic acids is 1. The summed E-state index contributed by atoms with van der Waals surface area (Å²) in [5, 5.41) is 14.1. The molecule has 1 amide bonds. The van der Waals surface area contributed by atoms with Crippen LogP contribution >= 0.6 is 34.5 Å². The topological polar surface area (TPSA) is 69.6 Å². The van der Waals surface area contributed by atoms with Gasteiger partial charge < -0.3 is 15.3 Å². The number of anilines is 1. The van der Waals surface area contributed by atoms with Crippen molar-refractivity contribution < 1.29 is 14.7 Å². The maximum Gasteiger partial charge on any atom is 0.348 e. The quantitative estimate of drug-likeness (QED) is 0.405. The standard InChI is InChI=1S/C25H24Cl2N2O3S/c26-18-9-10-19(20(27)12-18)24(30)29(15-16-6-4-5-11-28-14-16)21-13-22(33-23(21)25(31)32)17-7-2-1-3-8-17/h1-3,7-10,12-13,16,28H,4-6,11,14-15H2,(H,31,32). The number of carboxylic acid groups (broad SMARTS) is 1. The highest BCUT2D eigenvalue weighted by Gasteiger charge is 2.29. The summed E-state index contributed by atoms with van der Waals surface area (Å²) < 4.78 is 0. The van der Waals surface area contributed by atoms with Crippen molar-refractivity contribution in [2.75, 3.05) is 24.5 Å². The average molecular weight is 503 g/mol. The average Bonchev–Trinajstić information content (AvgIpc) is 3.08. The number of carbonyl (C=O) groups excluding carboxylic acids is 1. The van der Waals surface area contributed by atoms with E-state index >= 15 is 0 Å². The van der Waals surface area contributed by atoms with Gasteiger partial charge in [0.15, 0.2) is 0 Å². The number of aromatic carboxylic acids is 1. The first-order chi connectivity index (χ1) is 15.9. The molecule has 0 bridgehead atoms. The lowest BCUT2D eigenvalue weighted by atomic mass is 10.0. The number of halogens is 2. The second kappa shape index (κ2) is 10.7. The molecule has 2 aromatic carbocycles. The third-order valence-corrected chi connectivity index (χ3v) is 7.46. The van der Waals surface area contributed by atoms with E-state index in [9.17, 15) is 14.7 Å². The van der Waals surface area contributed by atoms with Gasteiger partial charge in [-0.3, -0.25) is 4.79 Å². The van der Waals surface area contributed by atoms with Crippen molar-refractivity contribution >= 4 is 52.1 Å². The summed E-state index contributed by atoms with van der Waals surface area (Å²) >= 11 is 13.6. The van der Waals surface area contributed by atoms with Crippen molar-refractivity contribution in [1.82, 2.24) is 5.32 Å². The van der Waals surface area contributed by atoms with E-state index in [4.69, 9.17) is 23.2 Å². The van der Waals surface area contributed by atoms with Crippen molar-refractivity contribution in [3.05, 3.63) is 75.1 Å². The highest BCUT2D eigenvalue weighted by molar-refractivity contribution is 7.18. The van der Waals surface area contributed by atoms with Crippen molar-refractivity contribution in [3.63, 3.8) is 0 Å². The molecule has 1 unspecified atom stereocenters. The molecule has 3 aromatic rings. The normalized spacial score (nSPS) is 16.2. The van der Waals surface area contributed by atoms with Gasteiger partial charge >= 0.3 is 5.97 Å². The van der Waals surface area contributed by atoms with Crippen LogP contribution in [0.25, 0.3) is 10.4 Å². The van der Waals surface area contributed by atoms with Crippen LogP contribution in [0.15, 0.2) is 54.6 Å². The number of amides is 1. The first-order valence-corrected chi connectivity index (χ1v) is 12.4. The number of carbonyl (C=O) groups is 2. The number of rotatable bonds is 6. The van der Waals surface area contributed by atoms with E-state index in [0.29, 0.717) is 22.8 Å². The van der Waals surface area contributed by atoms with Crippen molar-refractivity contribution in [2.24, 2.45) is 5.92 Å². The minimum Gasteiger partial charge on any atom is -0.477 e. The fourth-order valence-corrected chi connectivity index (χ4v) is 5.58. The van der Waals surface area contributed by atoms with Gasteiger partial charge in [-0.2, -0.15) is 0 Å². The van der Waals surface area contributed by atoms with Crippen LogP contribution in [0.3, 0.4) is 0 Å². The highest BCUT2D eigenvalue weighted by Crippen LogP contribution is 2.38. The molecule has 1 atom stereocenters. The Bertz CT molecular complexity index is 1140. The molecule has 1 aliphatic rings. The first kappa shape index (κ1) is 23.8. The summed E-state index contributed by atoms with van der Waals surface area (Å²) in [7, 11) is 0. The van der Waals surface area contributed by atoms with Gasteiger partial charge in [-0.15, -0.1) is 11.3 Å². The fourth-order valence-electron chi connectivity index (χ4n) is 4.08. The monoisotopic (exact) mass is 502 g/mol. The zero-order valence-corrected chi connectivity index (χ0v) is 20.2. The van der Waals surface area contributed by atoms with Crippen molar-refractivity contribution in [3.8, 4) is 10.4 Å². The van der Waals surface area contributed by atoms with Crippen LogP contribution in [0.2, 0.25) is 10.0 Å². The molecular formula is C25H24Cl2N2O3S. The van der Waals surface area contributed by atoms with Gasteiger partial charge in [0.05, 0.1) is 16.3 Å². The van der Waals surface area contributed by atoms with Crippen LogP contribution in [0.5, 0.6) is 0 Å². The molecule has 1 saturated heterocycles. The van der Waals surface area contributed by atoms with Crippen molar-refractivity contribution in [2.45, 2.75) is 19.3 Å². The van der Waals surface area contributed by atoms with E-state index in [1.807, 2.05) is 30.3 Å². The Morgan fingerprint density at radius 2 is 1.88 bits per heavy atom. The van der Waals surface area contributed by atoms with Crippen molar-refractivity contribution in [1.29, 1.82) is 0 Å². The van der Waals surface area contributed by atoms with E-state index < -0.39 is 5.97 Å². The molecule has 1 aliphatic heterocycles. The molecule has 5 nitrogen and oxygen atoms in total. The van der Waals surface area contributed by atoms with Crippen LogP contribution in [0.4, 0.5) is 5.69 Å². The largest absolute Gasteiger partial charge is 0.477 e. The molecule has 4 rings (SSSR count). The molecule has 8 heteroatoms.